The second-order valence-corrected chi connectivity index (χ2v) is 4.53. The van der Waals surface area contributed by atoms with Crippen molar-refractivity contribution in [1.82, 2.24) is 0 Å². The van der Waals surface area contributed by atoms with Crippen molar-refractivity contribution in [3.63, 3.8) is 0 Å². The number of hydrogen-bond acceptors (Lipinski definition) is 3. The summed E-state index contributed by atoms with van der Waals surface area (Å²) in [4.78, 5) is 0. The van der Waals surface area contributed by atoms with Gasteiger partial charge in [-0.1, -0.05) is 0 Å². The lowest BCUT2D eigenvalue weighted by molar-refractivity contribution is 0.0422. The lowest BCUT2D eigenvalue weighted by atomic mass is 9.91. The molecule has 2 N–H and O–H groups in total. The highest BCUT2D eigenvalue weighted by atomic mass is 79.9. The summed E-state index contributed by atoms with van der Waals surface area (Å²) in [5.74, 6) is 0.424. The maximum absolute atomic E-state index is 6.01. The molecule has 2 heterocycles. The SMILES string of the molecule is NC1CCOCC1Cc1coc(Br)c1. The third kappa shape index (κ3) is 2.38. The third-order valence-electron chi connectivity index (χ3n) is 2.65. The Morgan fingerprint density at radius 2 is 2.43 bits per heavy atom. The van der Waals surface area contributed by atoms with Crippen LogP contribution in [-0.4, -0.2) is 19.3 Å². The molecular weight excluding hydrogens is 246 g/mol. The fourth-order valence-electron chi connectivity index (χ4n) is 1.78. The average Bonchev–Trinajstić information content (AvgIpc) is 2.56. The van der Waals surface area contributed by atoms with E-state index in [9.17, 15) is 0 Å². The van der Waals surface area contributed by atoms with Crippen molar-refractivity contribution in [1.29, 1.82) is 0 Å². The predicted octanol–water partition coefficient (Wildman–Crippen LogP) is 1.95. The minimum Gasteiger partial charge on any atom is -0.457 e. The van der Waals surface area contributed by atoms with E-state index in [0.29, 0.717) is 5.92 Å². The van der Waals surface area contributed by atoms with Gasteiger partial charge in [0.2, 0.25) is 0 Å². The molecule has 2 rings (SSSR count). The van der Waals surface area contributed by atoms with E-state index in [-0.39, 0.29) is 6.04 Å². The normalized spacial score (nSPS) is 27.9. The lowest BCUT2D eigenvalue weighted by Crippen LogP contribution is -2.39. The zero-order valence-electron chi connectivity index (χ0n) is 7.91. The smallest absolute Gasteiger partial charge is 0.169 e. The highest BCUT2D eigenvalue weighted by Crippen LogP contribution is 2.21. The van der Waals surface area contributed by atoms with Crippen molar-refractivity contribution in [3.8, 4) is 0 Å². The van der Waals surface area contributed by atoms with E-state index in [4.69, 9.17) is 14.9 Å². The molecule has 0 aliphatic carbocycles. The van der Waals surface area contributed by atoms with Gasteiger partial charge in [-0.25, -0.2) is 0 Å². The van der Waals surface area contributed by atoms with Gasteiger partial charge in [0.25, 0.3) is 0 Å². The first-order chi connectivity index (χ1) is 6.75. The maximum atomic E-state index is 6.01. The van der Waals surface area contributed by atoms with Crippen LogP contribution in [-0.2, 0) is 11.2 Å². The van der Waals surface area contributed by atoms with E-state index in [1.54, 1.807) is 6.26 Å². The molecule has 0 spiro atoms. The zero-order chi connectivity index (χ0) is 9.97. The summed E-state index contributed by atoms with van der Waals surface area (Å²) in [5.41, 5.74) is 7.19. The Labute approximate surface area is 91.7 Å². The minimum absolute atomic E-state index is 0.262. The second kappa shape index (κ2) is 4.47. The molecule has 0 saturated carbocycles. The van der Waals surface area contributed by atoms with Gasteiger partial charge in [0.1, 0.15) is 0 Å². The molecule has 0 radical (unpaired) electrons. The zero-order valence-corrected chi connectivity index (χ0v) is 9.50. The van der Waals surface area contributed by atoms with Crippen LogP contribution in [0.3, 0.4) is 0 Å². The van der Waals surface area contributed by atoms with Gasteiger partial charge in [0.15, 0.2) is 4.67 Å². The van der Waals surface area contributed by atoms with Gasteiger partial charge in [-0.2, -0.15) is 0 Å². The molecule has 1 aromatic rings. The first-order valence-corrected chi connectivity index (χ1v) is 5.61. The molecule has 2 atom stereocenters. The lowest BCUT2D eigenvalue weighted by Gasteiger charge is -2.28. The molecule has 1 aliphatic rings. The van der Waals surface area contributed by atoms with Crippen LogP contribution >= 0.6 is 15.9 Å². The van der Waals surface area contributed by atoms with Crippen LogP contribution in [0.25, 0.3) is 0 Å². The highest BCUT2D eigenvalue weighted by Gasteiger charge is 2.23. The van der Waals surface area contributed by atoms with Crippen LogP contribution in [0.4, 0.5) is 0 Å². The molecule has 14 heavy (non-hydrogen) atoms. The monoisotopic (exact) mass is 259 g/mol. The topological polar surface area (TPSA) is 48.4 Å². The summed E-state index contributed by atoms with van der Waals surface area (Å²) in [6, 6.07) is 2.25. The molecule has 2 unspecified atom stereocenters. The van der Waals surface area contributed by atoms with E-state index >= 15 is 0 Å². The van der Waals surface area contributed by atoms with Crippen LogP contribution in [0, 0.1) is 5.92 Å². The molecule has 1 fully saturated rings. The average molecular weight is 260 g/mol. The molecule has 0 aromatic carbocycles. The Bertz CT molecular complexity index is 300. The Morgan fingerprint density at radius 1 is 1.57 bits per heavy atom. The standard InChI is InChI=1S/C10H14BrNO2/c11-10-4-7(5-14-10)3-8-6-13-2-1-9(8)12/h4-5,8-9H,1-3,6,12H2. The third-order valence-corrected chi connectivity index (χ3v) is 3.07. The summed E-state index contributed by atoms with van der Waals surface area (Å²) < 4.78 is 11.4. The Balaban J connectivity index is 1.95. The number of rotatable bonds is 2. The summed E-state index contributed by atoms with van der Waals surface area (Å²) in [7, 11) is 0. The fourth-order valence-corrected chi connectivity index (χ4v) is 2.17. The molecule has 1 aromatic heterocycles. The van der Waals surface area contributed by atoms with Gasteiger partial charge in [-0.3, -0.25) is 0 Å². The van der Waals surface area contributed by atoms with Crippen LogP contribution in [0.5, 0.6) is 0 Å². The number of furan rings is 1. The van der Waals surface area contributed by atoms with E-state index < -0.39 is 0 Å². The van der Waals surface area contributed by atoms with Gasteiger partial charge in [0.05, 0.1) is 12.9 Å². The van der Waals surface area contributed by atoms with Crippen molar-refractivity contribution >= 4 is 15.9 Å². The number of nitrogens with two attached hydrogens (primary N) is 1. The van der Waals surface area contributed by atoms with Crippen molar-refractivity contribution in [3.05, 3.63) is 22.6 Å². The number of ether oxygens (including phenoxy) is 1. The Hall–Kier alpha value is -0.320. The molecule has 0 amide bonds. The molecule has 78 valence electrons. The van der Waals surface area contributed by atoms with Crippen molar-refractivity contribution in [2.45, 2.75) is 18.9 Å². The number of hydrogen-bond donors (Lipinski definition) is 1. The first kappa shape index (κ1) is 10.2. The van der Waals surface area contributed by atoms with Crippen molar-refractivity contribution in [2.24, 2.45) is 11.7 Å². The van der Waals surface area contributed by atoms with Crippen LogP contribution < -0.4 is 5.73 Å². The van der Waals surface area contributed by atoms with Crippen LogP contribution in [0.15, 0.2) is 21.4 Å². The molecular formula is C10H14BrNO2. The molecule has 4 heteroatoms. The van der Waals surface area contributed by atoms with Crippen LogP contribution in [0.2, 0.25) is 0 Å². The van der Waals surface area contributed by atoms with Crippen molar-refractivity contribution < 1.29 is 9.15 Å². The quantitative estimate of drug-likeness (QED) is 0.884. The molecule has 1 saturated heterocycles. The minimum atomic E-state index is 0.262. The molecule has 1 aliphatic heterocycles. The number of halogens is 1. The summed E-state index contributed by atoms with van der Waals surface area (Å²) in [6.45, 7) is 1.57. The van der Waals surface area contributed by atoms with Gasteiger partial charge < -0.3 is 14.9 Å². The predicted molar refractivity (Wildman–Crippen MR) is 57.0 cm³/mol. The maximum Gasteiger partial charge on any atom is 0.169 e. The summed E-state index contributed by atoms with van der Waals surface area (Å²) in [5, 5.41) is 0. The first-order valence-electron chi connectivity index (χ1n) is 4.82. The van der Waals surface area contributed by atoms with Crippen molar-refractivity contribution in [2.75, 3.05) is 13.2 Å². The summed E-state index contributed by atoms with van der Waals surface area (Å²) >= 11 is 3.28. The van der Waals surface area contributed by atoms with Gasteiger partial charge in [-0.15, -0.1) is 0 Å². The second-order valence-electron chi connectivity index (χ2n) is 3.75. The molecule has 0 bridgehead atoms. The van der Waals surface area contributed by atoms with Gasteiger partial charge in [0, 0.05) is 18.6 Å². The van der Waals surface area contributed by atoms with E-state index in [2.05, 4.69) is 15.9 Å². The van der Waals surface area contributed by atoms with E-state index in [1.807, 2.05) is 6.07 Å². The van der Waals surface area contributed by atoms with E-state index in [1.165, 1.54) is 5.56 Å². The Kier molecular flexibility index (Phi) is 3.26. The van der Waals surface area contributed by atoms with Crippen LogP contribution in [0.1, 0.15) is 12.0 Å². The Morgan fingerprint density at radius 3 is 3.07 bits per heavy atom. The van der Waals surface area contributed by atoms with E-state index in [0.717, 1.165) is 30.7 Å². The molecule has 3 nitrogen and oxygen atoms in total. The largest absolute Gasteiger partial charge is 0.457 e. The van der Waals surface area contributed by atoms with Gasteiger partial charge >= 0.3 is 0 Å². The fraction of sp³-hybridized carbons (Fsp3) is 0.600. The van der Waals surface area contributed by atoms with Gasteiger partial charge in [-0.05, 0) is 40.4 Å². The highest BCUT2D eigenvalue weighted by molar-refractivity contribution is 9.10. The summed E-state index contributed by atoms with van der Waals surface area (Å²) in [6.07, 6.45) is 3.67.